The minimum Gasteiger partial charge on any atom is -0.465 e. The summed E-state index contributed by atoms with van der Waals surface area (Å²) in [6, 6.07) is 38.0. The highest BCUT2D eigenvalue weighted by Crippen LogP contribution is 2.37. The molecule has 0 aliphatic carbocycles. The van der Waals surface area contributed by atoms with Gasteiger partial charge in [-0.05, 0) is 22.3 Å². The Hall–Kier alpha value is -4.70. The maximum atomic E-state index is 13.6. The number of benzene rings is 4. The van der Waals surface area contributed by atoms with Crippen LogP contribution >= 0.6 is 0 Å². The molecule has 0 saturated carbocycles. The highest BCUT2D eigenvalue weighted by Gasteiger charge is 2.31. The third-order valence-electron chi connectivity index (χ3n) is 5.78. The molecule has 4 nitrogen and oxygen atoms in total. The molecule has 0 aliphatic rings. The van der Waals surface area contributed by atoms with Gasteiger partial charge in [0.2, 0.25) is 0 Å². The van der Waals surface area contributed by atoms with Crippen LogP contribution in [0.25, 0.3) is 11.1 Å². The van der Waals surface area contributed by atoms with E-state index in [1.807, 2.05) is 121 Å². The van der Waals surface area contributed by atoms with Crippen LogP contribution in [0.15, 0.2) is 132 Å². The largest absolute Gasteiger partial charge is 0.465 e. The first kappa shape index (κ1) is 24.4. The quantitative estimate of drug-likeness (QED) is 0.178. The van der Waals surface area contributed by atoms with Gasteiger partial charge in [0.1, 0.15) is 0 Å². The smallest absolute Gasteiger partial charge is 0.339 e. The second-order valence-corrected chi connectivity index (χ2v) is 7.95. The van der Waals surface area contributed by atoms with Gasteiger partial charge in [-0.2, -0.15) is 0 Å². The molecule has 0 fully saturated rings. The van der Waals surface area contributed by atoms with E-state index in [1.165, 1.54) is 14.2 Å². The summed E-state index contributed by atoms with van der Waals surface area (Å²) in [6.07, 6.45) is 0. The number of carbonyl (C=O) groups excluding carboxylic acids is 2. The zero-order valence-corrected chi connectivity index (χ0v) is 20.2. The number of ether oxygens (including phenoxy) is 2. The molecule has 0 unspecified atom stereocenters. The highest BCUT2D eigenvalue weighted by atomic mass is 16.5. The van der Waals surface area contributed by atoms with Crippen LogP contribution in [0.3, 0.4) is 0 Å². The van der Waals surface area contributed by atoms with Gasteiger partial charge in [-0.3, -0.25) is 0 Å². The average Bonchev–Trinajstić information content (AvgIpc) is 2.96. The van der Waals surface area contributed by atoms with Crippen LogP contribution in [0.1, 0.15) is 22.3 Å². The number of rotatable bonds is 7. The Kier molecular flexibility index (Phi) is 7.89. The lowest BCUT2D eigenvalue weighted by molar-refractivity contribution is -0.139. The standard InChI is InChI=1S/C32H26O4/c1-35-31(33)29(27(23-15-7-3-8-16-23)24-17-9-4-10-18-24)30(32(34)36-2)28(25-19-11-5-12-20-25)26-21-13-6-14-22-26/h3-22H,1-2H3. The van der Waals surface area contributed by atoms with Gasteiger partial charge in [-0.15, -0.1) is 0 Å². The van der Waals surface area contributed by atoms with E-state index in [0.717, 1.165) is 22.3 Å². The maximum Gasteiger partial charge on any atom is 0.339 e. The lowest BCUT2D eigenvalue weighted by Gasteiger charge is -2.20. The van der Waals surface area contributed by atoms with E-state index in [4.69, 9.17) is 9.47 Å². The van der Waals surface area contributed by atoms with Gasteiger partial charge in [0.05, 0.1) is 25.4 Å². The minimum absolute atomic E-state index is 0.129. The Morgan fingerprint density at radius 3 is 0.833 bits per heavy atom. The molecule has 4 aromatic carbocycles. The second kappa shape index (κ2) is 11.6. The van der Waals surface area contributed by atoms with Crippen LogP contribution in [-0.4, -0.2) is 26.2 Å². The molecule has 36 heavy (non-hydrogen) atoms. The van der Waals surface area contributed by atoms with Gasteiger partial charge >= 0.3 is 11.9 Å². The van der Waals surface area contributed by atoms with Crippen LogP contribution < -0.4 is 0 Å². The molecular weight excluding hydrogens is 448 g/mol. The van der Waals surface area contributed by atoms with Crippen LogP contribution in [0.4, 0.5) is 0 Å². The lowest BCUT2D eigenvalue weighted by Crippen LogP contribution is -2.19. The Morgan fingerprint density at radius 2 is 0.639 bits per heavy atom. The molecule has 0 bridgehead atoms. The topological polar surface area (TPSA) is 52.6 Å². The summed E-state index contributed by atoms with van der Waals surface area (Å²) in [7, 11) is 2.63. The number of methoxy groups -OCH3 is 2. The van der Waals surface area contributed by atoms with Crippen LogP contribution in [-0.2, 0) is 19.1 Å². The predicted octanol–water partition coefficient (Wildman–Crippen LogP) is 6.34. The van der Waals surface area contributed by atoms with Crippen molar-refractivity contribution in [2.75, 3.05) is 14.2 Å². The van der Waals surface area contributed by atoms with Crippen molar-refractivity contribution in [1.29, 1.82) is 0 Å². The normalized spacial score (nSPS) is 10.2. The van der Waals surface area contributed by atoms with Crippen LogP contribution in [0, 0.1) is 0 Å². The number of hydrogen-bond donors (Lipinski definition) is 0. The number of hydrogen-bond acceptors (Lipinski definition) is 4. The molecule has 0 atom stereocenters. The highest BCUT2D eigenvalue weighted by molar-refractivity contribution is 6.19. The van der Waals surface area contributed by atoms with Gasteiger partial charge in [0.25, 0.3) is 0 Å². The molecule has 0 N–H and O–H groups in total. The van der Waals surface area contributed by atoms with Gasteiger partial charge in [0, 0.05) is 11.1 Å². The Bertz CT molecular complexity index is 1190. The Morgan fingerprint density at radius 1 is 0.417 bits per heavy atom. The zero-order chi connectivity index (χ0) is 25.3. The molecule has 0 saturated heterocycles. The van der Waals surface area contributed by atoms with E-state index in [1.54, 1.807) is 0 Å². The fourth-order valence-electron chi connectivity index (χ4n) is 4.19. The molecule has 178 valence electrons. The molecule has 4 aromatic rings. The molecule has 0 heterocycles. The minimum atomic E-state index is -0.637. The van der Waals surface area contributed by atoms with E-state index < -0.39 is 11.9 Å². The van der Waals surface area contributed by atoms with Crippen molar-refractivity contribution in [2.24, 2.45) is 0 Å². The van der Waals surface area contributed by atoms with E-state index in [9.17, 15) is 9.59 Å². The van der Waals surface area contributed by atoms with Crippen molar-refractivity contribution in [3.63, 3.8) is 0 Å². The van der Waals surface area contributed by atoms with Crippen LogP contribution in [0.5, 0.6) is 0 Å². The van der Waals surface area contributed by atoms with E-state index in [0.29, 0.717) is 11.1 Å². The van der Waals surface area contributed by atoms with Crippen molar-refractivity contribution in [3.05, 3.63) is 155 Å². The first-order chi connectivity index (χ1) is 17.7. The number of carbonyl (C=O) groups is 2. The monoisotopic (exact) mass is 474 g/mol. The van der Waals surface area contributed by atoms with Crippen molar-refractivity contribution in [1.82, 2.24) is 0 Å². The summed E-state index contributed by atoms with van der Waals surface area (Å²) >= 11 is 0. The molecular formula is C32H26O4. The summed E-state index contributed by atoms with van der Waals surface area (Å²) in [6.45, 7) is 0. The zero-order valence-electron chi connectivity index (χ0n) is 20.2. The maximum absolute atomic E-state index is 13.6. The Labute approximate surface area is 211 Å². The molecule has 0 aromatic heterocycles. The summed E-state index contributed by atoms with van der Waals surface area (Å²) in [5.41, 5.74) is 4.49. The second-order valence-electron chi connectivity index (χ2n) is 7.95. The summed E-state index contributed by atoms with van der Waals surface area (Å²) in [5.74, 6) is -1.27. The Balaban J connectivity index is 2.24. The van der Waals surface area contributed by atoms with E-state index in [2.05, 4.69) is 0 Å². The average molecular weight is 475 g/mol. The molecule has 4 rings (SSSR count). The van der Waals surface area contributed by atoms with E-state index in [-0.39, 0.29) is 11.1 Å². The molecule has 0 radical (unpaired) electrons. The fourth-order valence-corrected chi connectivity index (χ4v) is 4.19. The van der Waals surface area contributed by atoms with Crippen LogP contribution in [0.2, 0.25) is 0 Å². The first-order valence-electron chi connectivity index (χ1n) is 11.5. The van der Waals surface area contributed by atoms with Gasteiger partial charge in [-0.1, -0.05) is 121 Å². The van der Waals surface area contributed by atoms with Gasteiger partial charge in [0.15, 0.2) is 0 Å². The SMILES string of the molecule is COC(=O)C(C(C(=O)OC)=C(c1ccccc1)c1ccccc1)=C(c1ccccc1)c1ccccc1. The van der Waals surface area contributed by atoms with Gasteiger partial charge < -0.3 is 9.47 Å². The summed E-state index contributed by atoms with van der Waals surface area (Å²) in [5, 5.41) is 0. The summed E-state index contributed by atoms with van der Waals surface area (Å²) < 4.78 is 10.6. The van der Waals surface area contributed by atoms with Crippen molar-refractivity contribution in [3.8, 4) is 0 Å². The molecule has 0 aliphatic heterocycles. The first-order valence-corrected chi connectivity index (χ1v) is 11.5. The lowest BCUT2D eigenvalue weighted by atomic mass is 9.84. The van der Waals surface area contributed by atoms with E-state index >= 15 is 0 Å². The van der Waals surface area contributed by atoms with Gasteiger partial charge in [-0.25, -0.2) is 9.59 Å². The van der Waals surface area contributed by atoms with Crippen molar-refractivity contribution < 1.29 is 19.1 Å². The third kappa shape index (κ3) is 5.18. The third-order valence-corrected chi connectivity index (χ3v) is 5.78. The van der Waals surface area contributed by atoms with Crippen molar-refractivity contribution in [2.45, 2.75) is 0 Å². The van der Waals surface area contributed by atoms with Crippen molar-refractivity contribution >= 4 is 23.1 Å². The molecule has 0 amide bonds. The summed E-state index contributed by atoms with van der Waals surface area (Å²) in [4.78, 5) is 27.2. The molecule has 4 heteroatoms. The molecule has 0 spiro atoms. The fraction of sp³-hybridized carbons (Fsp3) is 0.0625. The number of esters is 2. The predicted molar refractivity (Wildman–Crippen MR) is 142 cm³/mol.